The van der Waals surface area contributed by atoms with Crippen LogP contribution in [0.4, 0.5) is 4.39 Å². The third-order valence-corrected chi connectivity index (χ3v) is 1.97. The Morgan fingerprint density at radius 3 is 2.62 bits per heavy atom. The Hall–Kier alpha value is -1.13. The van der Waals surface area contributed by atoms with Gasteiger partial charge in [0.25, 0.3) is 0 Å². The van der Waals surface area contributed by atoms with Crippen molar-refractivity contribution in [3.8, 4) is 5.75 Å². The lowest BCUT2D eigenvalue weighted by Gasteiger charge is -2.10. The Balaban J connectivity index is 2.44. The molecule has 1 rings (SSSR count). The first-order chi connectivity index (χ1) is 7.61. The highest BCUT2D eigenvalue weighted by Crippen LogP contribution is 2.16. The standard InChI is InChI=1S/C12H18FNO2/c1-9(2)15-3-4-16-12-6-10(8-14)5-11(13)7-12/h5-7,9H,3-4,8,14H2,1-2H3. The largest absolute Gasteiger partial charge is 0.491 e. The summed E-state index contributed by atoms with van der Waals surface area (Å²) in [5.41, 5.74) is 6.16. The fourth-order valence-corrected chi connectivity index (χ4v) is 1.27. The summed E-state index contributed by atoms with van der Waals surface area (Å²) in [6.45, 7) is 5.11. The van der Waals surface area contributed by atoms with E-state index in [1.54, 1.807) is 6.07 Å². The van der Waals surface area contributed by atoms with Gasteiger partial charge in [-0.1, -0.05) is 0 Å². The van der Waals surface area contributed by atoms with E-state index in [-0.39, 0.29) is 11.9 Å². The second-order valence-electron chi connectivity index (χ2n) is 3.77. The molecule has 0 aromatic heterocycles. The molecule has 0 heterocycles. The number of nitrogens with two attached hydrogens (primary N) is 1. The summed E-state index contributed by atoms with van der Waals surface area (Å²) in [6.07, 6.45) is 0.177. The van der Waals surface area contributed by atoms with Gasteiger partial charge in [-0.05, 0) is 31.5 Å². The lowest BCUT2D eigenvalue weighted by Crippen LogP contribution is -2.11. The van der Waals surface area contributed by atoms with E-state index in [4.69, 9.17) is 15.2 Å². The van der Waals surface area contributed by atoms with Crippen LogP contribution in [0.5, 0.6) is 5.75 Å². The van der Waals surface area contributed by atoms with Crippen molar-refractivity contribution in [1.82, 2.24) is 0 Å². The summed E-state index contributed by atoms with van der Waals surface area (Å²) in [5, 5.41) is 0. The van der Waals surface area contributed by atoms with Gasteiger partial charge in [0.1, 0.15) is 18.2 Å². The zero-order valence-electron chi connectivity index (χ0n) is 9.70. The number of benzene rings is 1. The van der Waals surface area contributed by atoms with Crippen LogP contribution in [0.2, 0.25) is 0 Å². The van der Waals surface area contributed by atoms with Crippen LogP contribution < -0.4 is 10.5 Å². The summed E-state index contributed by atoms with van der Waals surface area (Å²) in [6, 6.07) is 4.48. The Bertz CT molecular complexity index is 329. The summed E-state index contributed by atoms with van der Waals surface area (Å²) >= 11 is 0. The van der Waals surface area contributed by atoms with Crippen LogP contribution in [0.3, 0.4) is 0 Å². The molecule has 0 atom stereocenters. The van der Waals surface area contributed by atoms with E-state index in [0.717, 1.165) is 5.56 Å². The van der Waals surface area contributed by atoms with Crippen LogP contribution in [-0.4, -0.2) is 19.3 Å². The van der Waals surface area contributed by atoms with Gasteiger partial charge < -0.3 is 15.2 Å². The van der Waals surface area contributed by atoms with Crippen molar-refractivity contribution in [1.29, 1.82) is 0 Å². The van der Waals surface area contributed by atoms with E-state index in [2.05, 4.69) is 0 Å². The molecule has 90 valence electrons. The second kappa shape index (κ2) is 6.45. The molecule has 0 aliphatic carbocycles. The SMILES string of the molecule is CC(C)OCCOc1cc(F)cc(CN)c1. The molecule has 4 heteroatoms. The number of hydrogen-bond donors (Lipinski definition) is 1. The van der Waals surface area contributed by atoms with E-state index >= 15 is 0 Å². The van der Waals surface area contributed by atoms with Crippen LogP contribution in [-0.2, 0) is 11.3 Å². The van der Waals surface area contributed by atoms with E-state index in [1.165, 1.54) is 12.1 Å². The van der Waals surface area contributed by atoms with E-state index in [1.807, 2.05) is 13.8 Å². The molecule has 0 bridgehead atoms. The molecule has 1 aromatic rings. The molecule has 0 radical (unpaired) electrons. The first-order valence-electron chi connectivity index (χ1n) is 5.35. The van der Waals surface area contributed by atoms with Crippen molar-refractivity contribution in [3.63, 3.8) is 0 Å². The van der Waals surface area contributed by atoms with Gasteiger partial charge in [-0.25, -0.2) is 4.39 Å². The van der Waals surface area contributed by atoms with E-state index in [0.29, 0.717) is 25.5 Å². The van der Waals surface area contributed by atoms with Crippen molar-refractivity contribution in [2.45, 2.75) is 26.5 Å². The topological polar surface area (TPSA) is 44.5 Å². The average Bonchev–Trinajstić information content (AvgIpc) is 2.23. The summed E-state index contributed by atoms with van der Waals surface area (Å²) in [4.78, 5) is 0. The lowest BCUT2D eigenvalue weighted by molar-refractivity contribution is 0.0552. The molecule has 0 saturated carbocycles. The summed E-state index contributed by atoms with van der Waals surface area (Å²) in [7, 11) is 0. The van der Waals surface area contributed by atoms with Crippen molar-refractivity contribution in [3.05, 3.63) is 29.6 Å². The maximum atomic E-state index is 13.1. The molecule has 16 heavy (non-hydrogen) atoms. The smallest absolute Gasteiger partial charge is 0.127 e. The normalized spacial score (nSPS) is 10.8. The van der Waals surface area contributed by atoms with E-state index < -0.39 is 0 Å². The molecular formula is C12H18FNO2. The zero-order valence-corrected chi connectivity index (χ0v) is 9.70. The first-order valence-corrected chi connectivity index (χ1v) is 5.35. The fourth-order valence-electron chi connectivity index (χ4n) is 1.27. The van der Waals surface area contributed by atoms with Gasteiger partial charge in [0.05, 0.1) is 12.7 Å². The molecule has 0 fully saturated rings. The first kappa shape index (κ1) is 12.9. The molecule has 1 aromatic carbocycles. The van der Waals surface area contributed by atoms with Gasteiger partial charge in [-0.15, -0.1) is 0 Å². The number of halogens is 1. The second-order valence-corrected chi connectivity index (χ2v) is 3.77. The Morgan fingerprint density at radius 2 is 2.00 bits per heavy atom. The third kappa shape index (κ3) is 4.59. The number of ether oxygens (including phenoxy) is 2. The minimum Gasteiger partial charge on any atom is -0.491 e. The van der Waals surface area contributed by atoms with Crippen molar-refractivity contribution < 1.29 is 13.9 Å². The number of hydrogen-bond acceptors (Lipinski definition) is 3. The number of rotatable bonds is 6. The van der Waals surface area contributed by atoms with Crippen LogP contribution in [0, 0.1) is 5.82 Å². The predicted molar refractivity (Wildman–Crippen MR) is 60.9 cm³/mol. The fraction of sp³-hybridized carbons (Fsp3) is 0.500. The molecular weight excluding hydrogens is 209 g/mol. The monoisotopic (exact) mass is 227 g/mol. The highest BCUT2D eigenvalue weighted by molar-refractivity contribution is 5.29. The molecule has 0 amide bonds. The Labute approximate surface area is 95.4 Å². The lowest BCUT2D eigenvalue weighted by atomic mass is 10.2. The minimum atomic E-state index is -0.331. The van der Waals surface area contributed by atoms with Gasteiger partial charge in [0.15, 0.2) is 0 Å². The quantitative estimate of drug-likeness (QED) is 0.757. The molecule has 0 aliphatic heterocycles. The highest BCUT2D eigenvalue weighted by Gasteiger charge is 2.01. The molecule has 0 unspecified atom stereocenters. The van der Waals surface area contributed by atoms with Gasteiger partial charge in [-0.3, -0.25) is 0 Å². The molecule has 0 saturated heterocycles. The molecule has 0 aliphatic rings. The highest BCUT2D eigenvalue weighted by atomic mass is 19.1. The van der Waals surface area contributed by atoms with Gasteiger partial charge in [0, 0.05) is 12.6 Å². The van der Waals surface area contributed by atoms with Crippen molar-refractivity contribution in [2.75, 3.05) is 13.2 Å². The van der Waals surface area contributed by atoms with Gasteiger partial charge >= 0.3 is 0 Å². The molecule has 2 N–H and O–H groups in total. The maximum Gasteiger partial charge on any atom is 0.127 e. The Kier molecular flexibility index (Phi) is 5.22. The van der Waals surface area contributed by atoms with Gasteiger partial charge in [-0.2, -0.15) is 0 Å². The maximum absolute atomic E-state index is 13.1. The van der Waals surface area contributed by atoms with Crippen LogP contribution in [0.15, 0.2) is 18.2 Å². The predicted octanol–water partition coefficient (Wildman–Crippen LogP) is 2.09. The zero-order chi connectivity index (χ0) is 12.0. The van der Waals surface area contributed by atoms with Crippen LogP contribution >= 0.6 is 0 Å². The van der Waals surface area contributed by atoms with Gasteiger partial charge in [0.2, 0.25) is 0 Å². The molecule has 3 nitrogen and oxygen atoms in total. The summed E-state index contributed by atoms with van der Waals surface area (Å²) < 4.78 is 23.8. The van der Waals surface area contributed by atoms with Crippen LogP contribution in [0.25, 0.3) is 0 Å². The van der Waals surface area contributed by atoms with Crippen LogP contribution in [0.1, 0.15) is 19.4 Å². The van der Waals surface area contributed by atoms with E-state index in [9.17, 15) is 4.39 Å². The average molecular weight is 227 g/mol. The molecule has 0 spiro atoms. The van der Waals surface area contributed by atoms with Crippen molar-refractivity contribution in [2.24, 2.45) is 5.73 Å². The summed E-state index contributed by atoms with van der Waals surface area (Å²) in [5.74, 6) is 0.163. The minimum absolute atomic E-state index is 0.177. The third-order valence-electron chi connectivity index (χ3n) is 1.97. The van der Waals surface area contributed by atoms with Crippen molar-refractivity contribution >= 4 is 0 Å². The Morgan fingerprint density at radius 1 is 1.25 bits per heavy atom.